The van der Waals surface area contributed by atoms with Gasteiger partial charge in [0.25, 0.3) is 0 Å². The van der Waals surface area contributed by atoms with Crippen LogP contribution in [0.2, 0.25) is 0 Å². The van der Waals surface area contributed by atoms with Crippen LogP contribution in [0.1, 0.15) is 17.3 Å². The van der Waals surface area contributed by atoms with Gasteiger partial charge in [-0.2, -0.15) is 0 Å². The third kappa shape index (κ3) is 3.44. The first kappa shape index (κ1) is 13.0. The molecule has 0 aliphatic rings. The van der Waals surface area contributed by atoms with Crippen LogP contribution in [0.3, 0.4) is 0 Å². The Morgan fingerprint density at radius 2 is 2.12 bits per heavy atom. The number of carbonyl (C=O) groups excluding carboxylic acids is 1. The van der Waals surface area contributed by atoms with E-state index in [9.17, 15) is 14.0 Å². The van der Waals surface area contributed by atoms with Gasteiger partial charge in [-0.3, -0.25) is 0 Å². The number of carbonyl (C=O) groups is 2. The normalized spacial score (nSPS) is 9.76. The van der Waals surface area contributed by atoms with Crippen molar-refractivity contribution in [3.63, 3.8) is 0 Å². The summed E-state index contributed by atoms with van der Waals surface area (Å²) in [5.74, 6) is -3.06. The Bertz CT molecular complexity index is 430. The smallest absolute Gasteiger partial charge is 0.344 e. The van der Waals surface area contributed by atoms with Gasteiger partial charge in [0.05, 0.1) is 6.61 Å². The van der Waals surface area contributed by atoms with Crippen molar-refractivity contribution in [2.45, 2.75) is 6.92 Å². The molecule has 0 spiro atoms. The number of rotatable bonds is 5. The lowest BCUT2D eigenvalue weighted by atomic mass is 10.2. The molecule has 1 aromatic rings. The average molecular weight is 242 g/mol. The van der Waals surface area contributed by atoms with E-state index in [-0.39, 0.29) is 12.4 Å². The molecule has 0 heterocycles. The molecule has 17 heavy (non-hydrogen) atoms. The van der Waals surface area contributed by atoms with E-state index in [0.717, 1.165) is 6.07 Å². The number of ether oxygens (including phenoxy) is 2. The molecule has 0 unspecified atom stereocenters. The zero-order valence-corrected chi connectivity index (χ0v) is 9.10. The van der Waals surface area contributed by atoms with Crippen LogP contribution in [0.15, 0.2) is 18.2 Å². The molecule has 1 aromatic carbocycles. The molecule has 0 radical (unpaired) electrons. The molecule has 0 atom stereocenters. The monoisotopic (exact) mass is 242 g/mol. The maximum absolute atomic E-state index is 13.4. The van der Waals surface area contributed by atoms with Crippen LogP contribution in [0.4, 0.5) is 4.39 Å². The molecule has 0 amide bonds. The Labute approximate surface area is 96.8 Å². The highest BCUT2D eigenvalue weighted by Gasteiger charge is 2.19. The molecular weight excluding hydrogens is 231 g/mol. The third-order valence-electron chi connectivity index (χ3n) is 1.81. The Morgan fingerprint density at radius 1 is 1.41 bits per heavy atom. The summed E-state index contributed by atoms with van der Waals surface area (Å²) in [7, 11) is 0. The van der Waals surface area contributed by atoms with Gasteiger partial charge in [-0.25, -0.2) is 14.0 Å². The minimum Gasteiger partial charge on any atom is -0.481 e. The molecule has 1 N–H and O–H groups in total. The van der Waals surface area contributed by atoms with E-state index < -0.39 is 29.9 Å². The molecule has 0 aromatic heterocycles. The van der Waals surface area contributed by atoms with Crippen LogP contribution >= 0.6 is 0 Å². The molecule has 6 heteroatoms. The molecular formula is C11H11FO5. The van der Waals surface area contributed by atoms with Crippen molar-refractivity contribution in [1.82, 2.24) is 0 Å². The summed E-state index contributed by atoms with van der Waals surface area (Å²) in [6, 6.07) is 3.69. The van der Waals surface area contributed by atoms with Crippen molar-refractivity contribution in [3.05, 3.63) is 29.6 Å². The lowest BCUT2D eigenvalue weighted by molar-refractivity contribution is -0.139. The number of hydrogen-bond donors (Lipinski definition) is 1. The lowest BCUT2D eigenvalue weighted by Crippen LogP contribution is -2.14. The van der Waals surface area contributed by atoms with Crippen molar-refractivity contribution in [2.24, 2.45) is 0 Å². The number of halogens is 1. The number of carboxylic acids is 1. The number of hydrogen-bond acceptors (Lipinski definition) is 4. The van der Waals surface area contributed by atoms with Crippen LogP contribution in [0, 0.1) is 5.82 Å². The second-order valence-electron chi connectivity index (χ2n) is 3.02. The van der Waals surface area contributed by atoms with Crippen LogP contribution < -0.4 is 4.74 Å². The summed E-state index contributed by atoms with van der Waals surface area (Å²) in [6.45, 7) is 1.01. The summed E-state index contributed by atoms with van der Waals surface area (Å²) in [6.07, 6.45) is 0. The predicted octanol–water partition coefficient (Wildman–Crippen LogP) is 1.47. The molecule has 1 rings (SSSR count). The Morgan fingerprint density at radius 3 is 2.71 bits per heavy atom. The molecule has 0 aliphatic heterocycles. The van der Waals surface area contributed by atoms with Crippen LogP contribution in [0.25, 0.3) is 0 Å². The predicted molar refractivity (Wildman–Crippen MR) is 55.5 cm³/mol. The second kappa shape index (κ2) is 5.83. The van der Waals surface area contributed by atoms with Crippen molar-refractivity contribution in [2.75, 3.05) is 13.2 Å². The second-order valence-corrected chi connectivity index (χ2v) is 3.02. The first-order chi connectivity index (χ1) is 8.06. The Balaban J connectivity index is 2.99. The molecule has 0 bridgehead atoms. The Hall–Kier alpha value is -2.11. The lowest BCUT2D eigenvalue weighted by Gasteiger charge is -2.09. The van der Waals surface area contributed by atoms with Gasteiger partial charge in [-0.05, 0) is 19.1 Å². The Kier molecular flexibility index (Phi) is 4.45. The molecule has 92 valence electrons. The van der Waals surface area contributed by atoms with E-state index in [1.54, 1.807) is 6.92 Å². The maximum Gasteiger partial charge on any atom is 0.344 e. The summed E-state index contributed by atoms with van der Waals surface area (Å²) < 4.78 is 22.9. The molecule has 0 saturated carbocycles. The minimum atomic E-state index is -1.22. The SMILES string of the molecule is CCOC(=O)c1c(F)cccc1OCC(=O)O. The topological polar surface area (TPSA) is 72.8 Å². The van der Waals surface area contributed by atoms with Gasteiger partial charge >= 0.3 is 11.9 Å². The van der Waals surface area contributed by atoms with Crippen LogP contribution in [0.5, 0.6) is 5.75 Å². The first-order valence-corrected chi connectivity index (χ1v) is 4.86. The standard InChI is InChI=1S/C11H11FO5/c1-2-16-11(15)10-7(12)4-3-5-8(10)17-6-9(13)14/h3-5H,2,6H2,1H3,(H,13,14). The van der Waals surface area contributed by atoms with Gasteiger partial charge < -0.3 is 14.6 Å². The fraction of sp³-hybridized carbons (Fsp3) is 0.273. The van der Waals surface area contributed by atoms with Crippen molar-refractivity contribution < 1.29 is 28.6 Å². The first-order valence-electron chi connectivity index (χ1n) is 4.86. The minimum absolute atomic E-state index is 0.0888. The van der Waals surface area contributed by atoms with Crippen molar-refractivity contribution >= 4 is 11.9 Å². The van der Waals surface area contributed by atoms with E-state index in [2.05, 4.69) is 4.74 Å². The van der Waals surface area contributed by atoms with Crippen molar-refractivity contribution in [1.29, 1.82) is 0 Å². The molecule has 0 fully saturated rings. The quantitative estimate of drug-likeness (QED) is 0.791. The van der Waals surface area contributed by atoms with E-state index in [1.165, 1.54) is 12.1 Å². The van der Waals surface area contributed by atoms with Gasteiger partial charge in [-0.1, -0.05) is 6.07 Å². The number of carboxylic acid groups (broad SMARTS) is 1. The fourth-order valence-corrected chi connectivity index (χ4v) is 1.17. The number of esters is 1. The average Bonchev–Trinajstić information content (AvgIpc) is 2.26. The molecule has 0 aliphatic carbocycles. The van der Waals surface area contributed by atoms with Gasteiger partial charge in [0.15, 0.2) is 6.61 Å². The number of aliphatic carboxylic acids is 1. The summed E-state index contributed by atoms with van der Waals surface area (Å²) in [5.41, 5.74) is -0.393. The summed E-state index contributed by atoms with van der Waals surface area (Å²) in [4.78, 5) is 21.8. The maximum atomic E-state index is 13.4. The summed E-state index contributed by atoms with van der Waals surface area (Å²) in [5, 5.41) is 8.44. The highest BCUT2D eigenvalue weighted by Crippen LogP contribution is 2.22. The zero-order valence-electron chi connectivity index (χ0n) is 9.10. The fourth-order valence-electron chi connectivity index (χ4n) is 1.17. The van der Waals surface area contributed by atoms with E-state index in [0.29, 0.717) is 0 Å². The van der Waals surface area contributed by atoms with Crippen LogP contribution in [-0.2, 0) is 9.53 Å². The van der Waals surface area contributed by atoms with E-state index in [4.69, 9.17) is 9.84 Å². The highest BCUT2D eigenvalue weighted by atomic mass is 19.1. The van der Waals surface area contributed by atoms with E-state index >= 15 is 0 Å². The molecule has 5 nitrogen and oxygen atoms in total. The van der Waals surface area contributed by atoms with Crippen LogP contribution in [-0.4, -0.2) is 30.3 Å². The van der Waals surface area contributed by atoms with Gasteiger partial charge in [0.2, 0.25) is 0 Å². The third-order valence-corrected chi connectivity index (χ3v) is 1.81. The highest BCUT2D eigenvalue weighted by molar-refractivity contribution is 5.92. The largest absolute Gasteiger partial charge is 0.481 e. The molecule has 0 saturated heterocycles. The van der Waals surface area contributed by atoms with Crippen molar-refractivity contribution in [3.8, 4) is 5.75 Å². The van der Waals surface area contributed by atoms with E-state index in [1.807, 2.05) is 0 Å². The van der Waals surface area contributed by atoms with Gasteiger partial charge in [0, 0.05) is 0 Å². The number of benzene rings is 1. The van der Waals surface area contributed by atoms with Gasteiger partial charge in [-0.15, -0.1) is 0 Å². The zero-order chi connectivity index (χ0) is 12.8. The van der Waals surface area contributed by atoms with Gasteiger partial charge in [0.1, 0.15) is 17.1 Å². The summed E-state index contributed by atoms with van der Waals surface area (Å²) >= 11 is 0.